The van der Waals surface area contributed by atoms with Crippen molar-refractivity contribution in [2.75, 3.05) is 5.32 Å². The zero-order valence-electron chi connectivity index (χ0n) is 13.3. The fourth-order valence-electron chi connectivity index (χ4n) is 2.61. The van der Waals surface area contributed by atoms with E-state index >= 15 is 0 Å². The van der Waals surface area contributed by atoms with Gasteiger partial charge in [-0.3, -0.25) is 9.78 Å². The summed E-state index contributed by atoms with van der Waals surface area (Å²) in [7, 11) is 0. The maximum atomic E-state index is 13.4. The van der Waals surface area contributed by atoms with Crippen LogP contribution >= 0.6 is 0 Å². The van der Waals surface area contributed by atoms with Crippen molar-refractivity contribution in [3.8, 4) is 0 Å². The van der Waals surface area contributed by atoms with E-state index in [-0.39, 0.29) is 11.6 Å². The molecule has 0 bridgehead atoms. The van der Waals surface area contributed by atoms with Crippen LogP contribution in [0, 0.1) is 11.6 Å². The summed E-state index contributed by atoms with van der Waals surface area (Å²) in [6, 6.07) is 16.3. The fourth-order valence-corrected chi connectivity index (χ4v) is 2.61. The third kappa shape index (κ3) is 4.26. The van der Waals surface area contributed by atoms with Gasteiger partial charge in [0.1, 0.15) is 0 Å². The number of halogens is 2. The van der Waals surface area contributed by atoms with Crippen molar-refractivity contribution >= 4 is 11.6 Å². The van der Waals surface area contributed by atoms with Gasteiger partial charge < -0.3 is 5.32 Å². The lowest BCUT2D eigenvalue weighted by Gasteiger charge is -2.17. The molecule has 0 saturated carbocycles. The van der Waals surface area contributed by atoms with Gasteiger partial charge in [0.2, 0.25) is 5.91 Å². The molecule has 1 aromatic heterocycles. The highest BCUT2D eigenvalue weighted by atomic mass is 19.2. The van der Waals surface area contributed by atoms with Gasteiger partial charge in [-0.2, -0.15) is 0 Å². The van der Waals surface area contributed by atoms with Crippen molar-refractivity contribution in [2.45, 2.75) is 12.3 Å². The number of carbonyl (C=O) groups is 1. The van der Waals surface area contributed by atoms with Crippen LogP contribution in [-0.4, -0.2) is 10.9 Å². The molecule has 0 radical (unpaired) electrons. The van der Waals surface area contributed by atoms with Crippen molar-refractivity contribution < 1.29 is 13.6 Å². The first-order chi connectivity index (χ1) is 12.1. The van der Waals surface area contributed by atoms with Gasteiger partial charge in [0.25, 0.3) is 0 Å². The molecular weight excluding hydrogens is 322 g/mol. The second-order valence-corrected chi connectivity index (χ2v) is 5.64. The summed E-state index contributed by atoms with van der Waals surface area (Å²) in [6.07, 6.45) is 3.82. The van der Waals surface area contributed by atoms with Gasteiger partial charge in [-0.15, -0.1) is 0 Å². The molecule has 1 unspecified atom stereocenters. The SMILES string of the molecule is O=C(Nc1ccc(F)c(F)c1)C(Cc1ccncc1)c1ccccc1. The summed E-state index contributed by atoms with van der Waals surface area (Å²) in [5.74, 6) is -2.69. The smallest absolute Gasteiger partial charge is 0.232 e. The predicted octanol–water partition coefficient (Wildman–Crippen LogP) is 4.32. The minimum atomic E-state index is -0.997. The maximum Gasteiger partial charge on any atom is 0.232 e. The number of amides is 1. The average Bonchev–Trinajstić information content (AvgIpc) is 2.64. The first-order valence-electron chi connectivity index (χ1n) is 7.83. The highest BCUT2D eigenvalue weighted by Gasteiger charge is 2.21. The van der Waals surface area contributed by atoms with Crippen LogP contribution in [0.3, 0.4) is 0 Å². The molecule has 126 valence electrons. The summed E-state index contributed by atoms with van der Waals surface area (Å²) < 4.78 is 26.4. The molecule has 5 heteroatoms. The molecule has 1 heterocycles. The molecule has 0 aliphatic carbocycles. The standard InChI is InChI=1S/C20H16F2N2O/c21-18-7-6-16(13-19(18)22)24-20(25)17(15-4-2-1-3-5-15)12-14-8-10-23-11-9-14/h1-11,13,17H,12H2,(H,24,25). The number of rotatable bonds is 5. The third-order valence-electron chi connectivity index (χ3n) is 3.89. The molecule has 3 rings (SSSR count). The lowest BCUT2D eigenvalue weighted by atomic mass is 9.91. The Morgan fingerprint density at radius 3 is 2.36 bits per heavy atom. The molecule has 2 aromatic carbocycles. The van der Waals surface area contributed by atoms with Gasteiger partial charge in [-0.05, 0) is 41.8 Å². The van der Waals surface area contributed by atoms with E-state index in [4.69, 9.17) is 0 Å². The summed E-state index contributed by atoms with van der Waals surface area (Å²) in [5, 5.41) is 2.67. The lowest BCUT2D eigenvalue weighted by Crippen LogP contribution is -2.23. The molecule has 0 saturated heterocycles. The first-order valence-corrected chi connectivity index (χ1v) is 7.83. The zero-order valence-corrected chi connectivity index (χ0v) is 13.3. The molecule has 1 N–H and O–H groups in total. The van der Waals surface area contributed by atoms with Crippen LogP contribution in [0.25, 0.3) is 0 Å². The van der Waals surface area contributed by atoms with Gasteiger partial charge in [0.15, 0.2) is 11.6 Å². The van der Waals surface area contributed by atoms with Gasteiger partial charge in [-0.1, -0.05) is 30.3 Å². The number of anilines is 1. The number of hydrogen-bond donors (Lipinski definition) is 1. The molecular formula is C20H16F2N2O. The van der Waals surface area contributed by atoms with Crippen LogP contribution in [0.1, 0.15) is 17.0 Å². The molecule has 0 spiro atoms. The minimum absolute atomic E-state index is 0.222. The number of nitrogens with one attached hydrogen (secondary N) is 1. The first kappa shape index (κ1) is 16.8. The molecule has 3 aromatic rings. The van der Waals surface area contributed by atoms with E-state index < -0.39 is 17.6 Å². The predicted molar refractivity (Wildman–Crippen MR) is 92.1 cm³/mol. The van der Waals surface area contributed by atoms with Gasteiger partial charge >= 0.3 is 0 Å². The number of benzene rings is 2. The monoisotopic (exact) mass is 338 g/mol. The van der Waals surface area contributed by atoms with Crippen molar-refractivity contribution in [1.82, 2.24) is 4.98 Å². The normalized spacial score (nSPS) is 11.8. The van der Waals surface area contributed by atoms with E-state index in [9.17, 15) is 13.6 Å². The number of carbonyl (C=O) groups excluding carboxylic acids is 1. The van der Waals surface area contributed by atoms with Crippen molar-refractivity contribution in [1.29, 1.82) is 0 Å². The van der Waals surface area contributed by atoms with Gasteiger partial charge in [0.05, 0.1) is 5.92 Å². The Kier molecular flexibility index (Phi) is 5.14. The van der Waals surface area contributed by atoms with E-state index in [1.165, 1.54) is 6.07 Å². The van der Waals surface area contributed by atoms with Gasteiger partial charge in [0, 0.05) is 24.1 Å². The second-order valence-electron chi connectivity index (χ2n) is 5.64. The Morgan fingerprint density at radius 1 is 0.960 bits per heavy atom. The average molecular weight is 338 g/mol. The van der Waals surface area contributed by atoms with E-state index in [0.717, 1.165) is 23.3 Å². The van der Waals surface area contributed by atoms with Gasteiger partial charge in [-0.25, -0.2) is 8.78 Å². The third-order valence-corrected chi connectivity index (χ3v) is 3.89. The van der Waals surface area contributed by atoms with E-state index in [1.807, 2.05) is 42.5 Å². The Hall–Kier alpha value is -3.08. The highest BCUT2D eigenvalue weighted by molar-refractivity contribution is 5.96. The van der Waals surface area contributed by atoms with E-state index in [0.29, 0.717) is 6.42 Å². The summed E-state index contributed by atoms with van der Waals surface area (Å²) in [4.78, 5) is 16.7. The number of aromatic nitrogens is 1. The topological polar surface area (TPSA) is 42.0 Å². The number of pyridine rings is 1. The van der Waals surface area contributed by atoms with Crippen LogP contribution in [-0.2, 0) is 11.2 Å². The molecule has 1 amide bonds. The molecule has 25 heavy (non-hydrogen) atoms. The Balaban J connectivity index is 1.85. The van der Waals surface area contributed by atoms with E-state index in [1.54, 1.807) is 12.4 Å². The molecule has 0 fully saturated rings. The quantitative estimate of drug-likeness (QED) is 0.752. The van der Waals surface area contributed by atoms with Crippen molar-refractivity contribution in [2.24, 2.45) is 0 Å². The zero-order chi connectivity index (χ0) is 17.6. The lowest BCUT2D eigenvalue weighted by molar-refractivity contribution is -0.117. The largest absolute Gasteiger partial charge is 0.325 e. The number of nitrogens with zero attached hydrogens (tertiary/aromatic N) is 1. The van der Waals surface area contributed by atoms with Crippen LogP contribution < -0.4 is 5.32 Å². The number of hydrogen-bond acceptors (Lipinski definition) is 2. The molecule has 1 atom stereocenters. The Bertz CT molecular complexity index is 854. The second kappa shape index (κ2) is 7.66. The Morgan fingerprint density at radius 2 is 1.68 bits per heavy atom. The maximum absolute atomic E-state index is 13.4. The van der Waals surface area contributed by atoms with Crippen LogP contribution in [0.5, 0.6) is 0 Å². The molecule has 0 aliphatic heterocycles. The van der Waals surface area contributed by atoms with E-state index in [2.05, 4.69) is 10.3 Å². The fraction of sp³-hybridized carbons (Fsp3) is 0.100. The summed E-state index contributed by atoms with van der Waals surface area (Å²) in [6.45, 7) is 0. The summed E-state index contributed by atoms with van der Waals surface area (Å²) >= 11 is 0. The summed E-state index contributed by atoms with van der Waals surface area (Å²) in [5.41, 5.74) is 2.03. The minimum Gasteiger partial charge on any atom is -0.325 e. The molecule has 0 aliphatic rings. The van der Waals surface area contributed by atoms with Crippen LogP contribution in [0.4, 0.5) is 14.5 Å². The molecule has 3 nitrogen and oxygen atoms in total. The van der Waals surface area contributed by atoms with Crippen molar-refractivity contribution in [3.63, 3.8) is 0 Å². The Labute approximate surface area is 144 Å². The van der Waals surface area contributed by atoms with Crippen LogP contribution in [0.15, 0.2) is 73.1 Å². The van der Waals surface area contributed by atoms with Crippen molar-refractivity contribution in [3.05, 3.63) is 95.8 Å². The van der Waals surface area contributed by atoms with Crippen LogP contribution in [0.2, 0.25) is 0 Å². The highest BCUT2D eigenvalue weighted by Crippen LogP contribution is 2.23.